The van der Waals surface area contributed by atoms with Crippen molar-refractivity contribution in [3.05, 3.63) is 0 Å². The van der Waals surface area contributed by atoms with Crippen LogP contribution >= 0.6 is 0 Å². The molecule has 5 unspecified atom stereocenters. The first-order valence-corrected chi connectivity index (χ1v) is 8.53. The molecule has 0 aromatic rings. The average Bonchev–Trinajstić information content (AvgIpc) is 2.33. The summed E-state index contributed by atoms with van der Waals surface area (Å²) in [7, 11) is 0. The second-order valence-corrected chi connectivity index (χ2v) is 9.73. The van der Waals surface area contributed by atoms with E-state index in [0.29, 0.717) is 5.92 Å². The lowest BCUT2D eigenvalue weighted by Crippen LogP contribution is -2.57. The van der Waals surface area contributed by atoms with E-state index in [1.165, 1.54) is 0 Å². The van der Waals surface area contributed by atoms with Crippen LogP contribution < -0.4 is 11.5 Å². The number of nitrogens with two attached hydrogens (primary N) is 2. The Morgan fingerprint density at radius 3 is 1.68 bits per heavy atom. The van der Waals surface area contributed by atoms with Gasteiger partial charge in [0.05, 0.1) is 12.2 Å². The number of aliphatic hydroxyl groups is 2. The summed E-state index contributed by atoms with van der Waals surface area (Å²) in [5, 5.41) is 21.5. The minimum absolute atomic E-state index is 0.0751. The highest BCUT2D eigenvalue weighted by Gasteiger charge is 2.53. The van der Waals surface area contributed by atoms with E-state index in [0.717, 1.165) is 6.42 Å². The number of hydrogen-bond donors (Lipinski definition) is 4. The Morgan fingerprint density at radius 2 is 1.27 bits per heavy atom. The van der Waals surface area contributed by atoms with Crippen molar-refractivity contribution in [2.24, 2.45) is 39.5 Å². The molecule has 0 aromatic heterocycles. The third-order valence-electron chi connectivity index (χ3n) is 6.13. The van der Waals surface area contributed by atoms with E-state index >= 15 is 0 Å². The molecule has 1 saturated carbocycles. The van der Waals surface area contributed by atoms with Crippen molar-refractivity contribution in [1.82, 2.24) is 0 Å². The van der Waals surface area contributed by atoms with Crippen LogP contribution in [0.15, 0.2) is 0 Å². The Bertz CT molecular complexity index is 391. The van der Waals surface area contributed by atoms with Gasteiger partial charge in [0.25, 0.3) is 0 Å². The van der Waals surface area contributed by atoms with Crippen molar-refractivity contribution in [3.63, 3.8) is 0 Å². The normalized spacial score (nSPS) is 41.6. The van der Waals surface area contributed by atoms with E-state index in [1.807, 2.05) is 13.8 Å². The number of rotatable bonds is 1. The van der Waals surface area contributed by atoms with Crippen molar-refractivity contribution < 1.29 is 10.2 Å². The van der Waals surface area contributed by atoms with E-state index < -0.39 is 23.7 Å². The lowest BCUT2D eigenvalue weighted by molar-refractivity contribution is -0.103. The van der Waals surface area contributed by atoms with E-state index in [-0.39, 0.29) is 22.8 Å². The molecule has 5 atom stereocenters. The monoisotopic (exact) mass is 314 g/mol. The van der Waals surface area contributed by atoms with Gasteiger partial charge in [-0.1, -0.05) is 55.4 Å². The molecule has 1 rings (SSSR count). The molecule has 0 amide bonds. The van der Waals surface area contributed by atoms with Crippen LogP contribution in [0.1, 0.15) is 61.8 Å². The molecular formula is C18H38N2O2. The van der Waals surface area contributed by atoms with Crippen molar-refractivity contribution in [1.29, 1.82) is 0 Å². The Labute approximate surface area is 136 Å². The first kappa shape index (κ1) is 19.9. The molecule has 1 aliphatic carbocycles. The van der Waals surface area contributed by atoms with E-state index in [9.17, 15) is 10.2 Å². The first-order chi connectivity index (χ1) is 9.66. The second kappa shape index (κ2) is 6.04. The fourth-order valence-corrected chi connectivity index (χ4v) is 4.93. The van der Waals surface area contributed by atoms with Gasteiger partial charge in [-0.25, -0.2) is 0 Å². The quantitative estimate of drug-likeness (QED) is 0.596. The summed E-state index contributed by atoms with van der Waals surface area (Å²) >= 11 is 0. The SMILES string of the molecule is CC(C)C1C(N)C(C)(C)CC(C)(C)C(N)C(O)C(O)C1(C)C. The average molecular weight is 315 g/mol. The van der Waals surface area contributed by atoms with Gasteiger partial charge in [0.1, 0.15) is 0 Å². The minimum Gasteiger partial charge on any atom is -0.390 e. The van der Waals surface area contributed by atoms with Crippen molar-refractivity contribution in [2.75, 3.05) is 0 Å². The van der Waals surface area contributed by atoms with Crippen LogP contribution in [0.25, 0.3) is 0 Å². The lowest BCUT2D eigenvalue weighted by Gasteiger charge is -2.48. The van der Waals surface area contributed by atoms with E-state index in [4.69, 9.17) is 11.5 Å². The van der Waals surface area contributed by atoms with Crippen LogP contribution in [0.2, 0.25) is 0 Å². The van der Waals surface area contributed by atoms with Gasteiger partial charge >= 0.3 is 0 Å². The summed E-state index contributed by atoms with van der Waals surface area (Å²) < 4.78 is 0. The van der Waals surface area contributed by atoms with Gasteiger partial charge in [0, 0.05) is 12.1 Å². The third-order valence-corrected chi connectivity index (χ3v) is 6.13. The summed E-state index contributed by atoms with van der Waals surface area (Å²) in [5.74, 6) is 0.400. The van der Waals surface area contributed by atoms with Gasteiger partial charge in [0.15, 0.2) is 0 Å². The summed E-state index contributed by atoms with van der Waals surface area (Å²) in [4.78, 5) is 0. The summed E-state index contributed by atoms with van der Waals surface area (Å²) in [5.41, 5.74) is 12.1. The molecule has 0 radical (unpaired) electrons. The highest BCUT2D eigenvalue weighted by molar-refractivity contribution is 5.06. The molecule has 0 aromatic carbocycles. The molecule has 0 aliphatic heterocycles. The van der Waals surface area contributed by atoms with Gasteiger partial charge in [-0.05, 0) is 34.5 Å². The van der Waals surface area contributed by atoms with Crippen LogP contribution in [0, 0.1) is 28.1 Å². The fourth-order valence-electron chi connectivity index (χ4n) is 4.93. The van der Waals surface area contributed by atoms with Gasteiger partial charge in [-0.15, -0.1) is 0 Å². The molecule has 22 heavy (non-hydrogen) atoms. The van der Waals surface area contributed by atoms with Gasteiger partial charge in [0.2, 0.25) is 0 Å². The van der Waals surface area contributed by atoms with E-state index in [2.05, 4.69) is 41.5 Å². The molecule has 6 N–H and O–H groups in total. The highest BCUT2D eigenvalue weighted by Crippen LogP contribution is 2.49. The number of aliphatic hydroxyl groups excluding tert-OH is 2. The molecule has 0 bridgehead atoms. The predicted molar refractivity (Wildman–Crippen MR) is 92.3 cm³/mol. The molecule has 4 nitrogen and oxygen atoms in total. The third kappa shape index (κ3) is 3.35. The van der Waals surface area contributed by atoms with Crippen LogP contribution in [0.5, 0.6) is 0 Å². The van der Waals surface area contributed by atoms with Gasteiger partial charge in [-0.3, -0.25) is 0 Å². The second-order valence-electron chi connectivity index (χ2n) is 9.73. The molecule has 0 heterocycles. The summed E-state index contributed by atoms with van der Waals surface area (Å²) in [6.45, 7) is 16.8. The van der Waals surface area contributed by atoms with Gasteiger partial charge in [-0.2, -0.15) is 0 Å². The summed E-state index contributed by atoms with van der Waals surface area (Å²) in [6.07, 6.45) is -1.03. The molecule has 132 valence electrons. The topological polar surface area (TPSA) is 92.5 Å². The lowest BCUT2D eigenvalue weighted by atomic mass is 9.60. The standard InChI is InChI=1S/C18H38N2O2/c1-10(2)11-13(19)16(3,4)9-17(5,6)14(20)12(21)15(22)18(11,7)8/h10-15,21-22H,9,19-20H2,1-8H3. The zero-order valence-corrected chi connectivity index (χ0v) is 15.7. The Hall–Kier alpha value is -0.160. The molecular weight excluding hydrogens is 276 g/mol. The van der Waals surface area contributed by atoms with Crippen molar-refractivity contribution in [2.45, 2.75) is 86.1 Å². The Balaban J connectivity index is 3.48. The maximum Gasteiger partial charge on any atom is 0.0960 e. The molecule has 0 spiro atoms. The maximum absolute atomic E-state index is 10.9. The fraction of sp³-hybridized carbons (Fsp3) is 1.00. The molecule has 1 fully saturated rings. The summed E-state index contributed by atoms with van der Waals surface area (Å²) in [6, 6.07) is -0.562. The van der Waals surface area contributed by atoms with Crippen molar-refractivity contribution in [3.8, 4) is 0 Å². The minimum atomic E-state index is -0.952. The first-order valence-electron chi connectivity index (χ1n) is 8.53. The van der Waals surface area contributed by atoms with Crippen LogP contribution in [-0.2, 0) is 0 Å². The predicted octanol–water partition coefficient (Wildman–Crippen LogP) is 2.12. The maximum atomic E-state index is 10.9. The number of hydrogen-bond acceptors (Lipinski definition) is 4. The van der Waals surface area contributed by atoms with Crippen LogP contribution in [-0.4, -0.2) is 34.5 Å². The Morgan fingerprint density at radius 1 is 0.864 bits per heavy atom. The van der Waals surface area contributed by atoms with E-state index in [1.54, 1.807) is 0 Å². The highest BCUT2D eigenvalue weighted by atomic mass is 16.3. The van der Waals surface area contributed by atoms with Gasteiger partial charge < -0.3 is 21.7 Å². The Kier molecular flexibility index (Phi) is 5.46. The smallest absolute Gasteiger partial charge is 0.0960 e. The zero-order valence-electron chi connectivity index (χ0n) is 15.7. The molecule has 1 aliphatic rings. The zero-order chi connectivity index (χ0) is 17.7. The molecule has 4 heteroatoms. The largest absolute Gasteiger partial charge is 0.390 e. The van der Waals surface area contributed by atoms with Crippen molar-refractivity contribution >= 4 is 0 Å². The molecule has 0 saturated heterocycles. The van der Waals surface area contributed by atoms with Crippen LogP contribution in [0.4, 0.5) is 0 Å². The van der Waals surface area contributed by atoms with Crippen LogP contribution in [0.3, 0.4) is 0 Å².